The van der Waals surface area contributed by atoms with Gasteiger partial charge in [-0.15, -0.1) is 0 Å². The number of ether oxygens (including phenoxy) is 1. The number of rotatable bonds is 5. The average molecular weight is 374 g/mol. The van der Waals surface area contributed by atoms with Gasteiger partial charge in [0.25, 0.3) is 0 Å². The topological polar surface area (TPSA) is 9.23 Å². The van der Waals surface area contributed by atoms with Crippen molar-refractivity contribution >= 4 is 0 Å². The molecule has 0 radical (unpaired) electrons. The van der Waals surface area contributed by atoms with Crippen LogP contribution < -0.4 is 0 Å². The summed E-state index contributed by atoms with van der Waals surface area (Å²) in [4.78, 5) is 0. The van der Waals surface area contributed by atoms with Gasteiger partial charge >= 0.3 is 6.18 Å². The van der Waals surface area contributed by atoms with E-state index >= 15 is 0 Å². The van der Waals surface area contributed by atoms with Crippen LogP contribution >= 0.6 is 0 Å². The molecule has 0 amide bonds. The van der Waals surface area contributed by atoms with Gasteiger partial charge in [0.2, 0.25) is 0 Å². The zero-order chi connectivity index (χ0) is 19.3. The van der Waals surface area contributed by atoms with E-state index in [0.717, 1.165) is 23.3 Å². The summed E-state index contributed by atoms with van der Waals surface area (Å²) in [7, 11) is 1.70. The molecule has 0 N–H and O–H groups in total. The molecule has 27 heavy (non-hydrogen) atoms. The maximum absolute atomic E-state index is 12.7. The first-order valence-electron chi connectivity index (χ1n) is 9.40. The first-order chi connectivity index (χ1) is 13.0. The van der Waals surface area contributed by atoms with Crippen molar-refractivity contribution in [3.63, 3.8) is 0 Å². The van der Waals surface area contributed by atoms with Crippen LogP contribution in [0, 0.1) is 5.92 Å². The highest BCUT2D eigenvalue weighted by atomic mass is 19.4. The Hall–Kier alpha value is -2.07. The average Bonchev–Trinajstić information content (AvgIpc) is 2.68. The summed E-state index contributed by atoms with van der Waals surface area (Å²) >= 11 is 0. The molecular formula is C23H25F3O. The molecule has 3 rings (SSSR count). The van der Waals surface area contributed by atoms with Gasteiger partial charge in [0, 0.05) is 7.11 Å². The highest BCUT2D eigenvalue weighted by molar-refractivity contribution is 5.64. The maximum atomic E-state index is 12.7. The van der Waals surface area contributed by atoms with Crippen molar-refractivity contribution in [1.29, 1.82) is 0 Å². The Bertz CT molecular complexity index is 737. The minimum Gasteiger partial charge on any atom is -0.381 e. The van der Waals surface area contributed by atoms with Crippen LogP contribution in [-0.2, 0) is 10.9 Å². The number of allylic oxidation sites excluding steroid dienone is 1. The van der Waals surface area contributed by atoms with Gasteiger partial charge in [-0.2, -0.15) is 13.2 Å². The molecule has 2 aromatic rings. The van der Waals surface area contributed by atoms with Gasteiger partial charge in [-0.05, 0) is 66.3 Å². The normalized spacial score (nSPS) is 20.9. The fourth-order valence-electron chi connectivity index (χ4n) is 3.79. The molecule has 1 nitrogen and oxygen atoms in total. The lowest BCUT2D eigenvalue weighted by Gasteiger charge is -2.27. The Kier molecular flexibility index (Phi) is 6.38. The molecule has 2 aromatic carbocycles. The van der Waals surface area contributed by atoms with E-state index < -0.39 is 11.7 Å². The first kappa shape index (κ1) is 19.7. The third kappa shape index (κ3) is 5.23. The molecule has 0 unspecified atom stereocenters. The van der Waals surface area contributed by atoms with E-state index in [1.807, 2.05) is 12.1 Å². The molecule has 1 aliphatic carbocycles. The van der Waals surface area contributed by atoms with E-state index in [-0.39, 0.29) is 0 Å². The van der Waals surface area contributed by atoms with Gasteiger partial charge in [-0.3, -0.25) is 0 Å². The third-order valence-corrected chi connectivity index (χ3v) is 5.37. The Morgan fingerprint density at radius 1 is 0.889 bits per heavy atom. The lowest BCUT2D eigenvalue weighted by Crippen LogP contribution is -2.11. The van der Waals surface area contributed by atoms with E-state index in [2.05, 4.69) is 24.3 Å². The molecule has 0 aromatic heterocycles. The summed E-state index contributed by atoms with van der Waals surface area (Å²) in [5.41, 5.74) is 2.47. The second kappa shape index (κ2) is 8.75. The first-order valence-corrected chi connectivity index (χ1v) is 9.40. The van der Waals surface area contributed by atoms with Crippen molar-refractivity contribution in [3.05, 3.63) is 71.8 Å². The van der Waals surface area contributed by atoms with Crippen molar-refractivity contribution in [2.24, 2.45) is 5.92 Å². The molecule has 4 heteroatoms. The monoisotopic (exact) mass is 374 g/mol. The second-order valence-corrected chi connectivity index (χ2v) is 7.19. The largest absolute Gasteiger partial charge is 0.416 e. The third-order valence-electron chi connectivity index (χ3n) is 5.37. The Morgan fingerprint density at radius 2 is 1.44 bits per heavy atom. The fraction of sp³-hybridized carbons (Fsp3) is 0.391. The highest BCUT2D eigenvalue weighted by Crippen LogP contribution is 2.37. The summed E-state index contributed by atoms with van der Waals surface area (Å²) in [6, 6.07) is 13.6. The van der Waals surface area contributed by atoms with Crippen molar-refractivity contribution in [3.8, 4) is 11.1 Å². The Labute approximate surface area is 158 Å². The number of hydrogen-bond donors (Lipinski definition) is 0. The number of alkyl halides is 3. The highest BCUT2D eigenvalue weighted by Gasteiger charge is 2.30. The van der Waals surface area contributed by atoms with Gasteiger partial charge in [0.05, 0.1) is 12.2 Å². The van der Waals surface area contributed by atoms with Gasteiger partial charge in [-0.1, -0.05) is 48.6 Å². The molecule has 1 aliphatic rings. The minimum atomic E-state index is -4.29. The smallest absolute Gasteiger partial charge is 0.381 e. The summed E-state index contributed by atoms with van der Waals surface area (Å²) in [6.07, 6.45) is 4.79. The lowest BCUT2D eigenvalue weighted by molar-refractivity contribution is -0.137. The maximum Gasteiger partial charge on any atom is 0.416 e. The summed E-state index contributed by atoms with van der Waals surface area (Å²) in [5, 5.41) is 0. The van der Waals surface area contributed by atoms with E-state index in [1.165, 1.54) is 43.4 Å². The van der Waals surface area contributed by atoms with Crippen LogP contribution in [0.2, 0.25) is 0 Å². The molecule has 0 spiro atoms. The number of benzene rings is 2. The molecule has 0 aliphatic heterocycles. The quantitative estimate of drug-likeness (QED) is 0.520. The van der Waals surface area contributed by atoms with Crippen LogP contribution in [0.5, 0.6) is 0 Å². The van der Waals surface area contributed by atoms with Gasteiger partial charge in [0.1, 0.15) is 0 Å². The predicted molar refractivity (Wildman–Crippen MR) is 103 cm³/mol. The van der Waals surface area contributed by atoms with Crippen molar-refractivity contribution in [1.82, 2.24) is 0 Å². The zero-order valence-corrected chi connectivity index (χ0v) is 15.5. The van der Waals surface area contributed by atoms with E-state index in [0.29, 0.717) is 18.4 Å². The minimum absolute atomic E-state index is 0.568. The number of hydrogen-bond acceptors (Lipinski definition) is 1. The molecule has 0 heterocycles. The number of methoxy groups -OCH3 is 1. The Morgan fingerprint density at radius 3 is 1.96 bits per heavy atom. The molecule has 0 bridgehead atoms. The summed E-state index contributed by atoms with van der Waals surface area (Å²) < 4.78 is 43.1. The van der Waals surface area contributed by atoms with Crippen molar-refractivity contribution in [2.75, 3.05) is 13.7 Å². The lowest BCUT2D eigenvalue weighted by atomic mass is 9.78. The van der Waals surface area contributed by atoms with Gasteiger partial charge in [0.15, 0.2) is 0 Å². The van der Waals surface area contributed by atoms with Crippen LogP contribution in [0.1, 0.15) is 42.7 Å². The number of halogens is 3. The van der Waals surface area contributed by atoms with Crippen LogP contribution in [0.25, 0.3) is 11.1 Å². The van der Waals surface area contributed by atoms with E-state index in [1.54, 1.807) is 7.11 Å². The van der Waals surface area contributed by atoms with Crippen molar-refractivity contribution in [2.45, 2.75) is 37.8 Å². The van der Waals surface area contributed by atoms with E-state index in [4.69, 9.17) is 4.74 Å². The standard InChI is InChI=1S/C23H25F3O/c1-27-16-2-3-17-4-6-18(7-5-17)19-8-10-20(11-9-19)21-12-14-22(15-13-21)23(24,25)26/h2-3,8-15,17-18H,4-7,16H2,1H3/b3-2+/t17-,18-. The summed E-state index contributed by atoms with van der Waals surface area (Å²) in [6.45, 7) is 0.672. The predicted octanol–water partition coefficient (Wildman–Crippen LogP) is 6.85. The van der Waals surface area contributed by atoms with Crippen LogP contribution in [0.4, 0.5) is 13.2 Å². The van der Waals surface area contributed by atoms with Crippen LogP contribution in [0.3, 0.4) is 0 Å². The zero-order valence-electron chi connectivity index (χ0n) is 15.5. The molecule has 1 saturated carbocycles. The Balaban J connectivity index is 1.61. The molecule has 144 valence electrons. The van der Waals surface area contributed by atoms with Crippen LogP contribution in [0.15, 0.2) is 60.7 Å². The molecule has 0 saturated heterocycles. The molecule has 1 fully saturated rings. The molecule has 0 atom stereocenters. The van der Waals surface area contributed by atoms with E-state index in [9.17, 15) is 13.2 Å². The second-order valence-electron chi connectivity index (χ2n) is 7.19. The van der Waals surface area contributed by atoms with Crippen molar-refractivity contribution < 1.29 is 17.9 Å². The SMILES string of the molecule is COC/C=C/[C@H]1CC[C@H](c2ccc(-c3ccc(C(F)(F)F)cc3)cc2)CC1. The van der Waals surface area contributed by atoms with Gasteiger partial charge in [-0.25, -0.2) is 0 Å². The fourth-order valence-corrected chi connectivity index (χ4v) is 3.79. The van der Waals surface area contributed by atoms with Gasteiger partial charge < -0.3 is 4.74 Å². The summed E-state index contributed by atoms with van der Waals surface area (Å²) in [5.74, 6) is 1.21. The van der Waals surface area contributed by atoms with Crippen LogP contribution in [-0.4, -0.2) is 13.7 Å². The molecular weight excluding hydrogens is 349 g/mol.